The molecule has 148 valence electrons. The second kappa shape index (κ2) is 10.2. The SMILES string of the molecule is CCNC(=NCc1ncc(C)s1)NCC(c1cccs1)N1CCOC(C)C1. The summed E-state index contributed by atoms with van der Waals surface area (Å²) in [6.45, 7) is 11.3. The number of rotatable bonds is 7. The Hall–Kier alpha value is -1.48. The Bertz CT molecular complexity index is 716. The molecular formula is C19H29N5OS2. The van der Waals surface area contributed by atoms with Crippen LogP contribution in [0, 0.1) is 6.92 Å². The van der Waals surface area contributed by atoms with E-state index in [4.69, 9.17) is 9.73 Å². The van der Waals surface area contributed by atoms with Crippen LogP contribution in [0.1, 0.15) is 34.7 Å². The maximum atomic E-state index is 5.73. The third kappa shape index (κ3) is 6.00. The van der Waals surface area contributed by atoms with Gasteiger partial charge in [-0.05, 0) is 32.2 Å². The molecule has 3 rings (SSSR count). The average Bonchev–Trinajstić information content (AvgIpc) is 3.32. The smallest absolute Gasteiger partial charge is 0.191 e. The van der Waals surface area contributed by atoms with Gasteiger partial charge in [-0.25, -0.2) is 9.98 Å². The molecule has 0 aromatic carbocycles. The van der Waals surface area contributed by atoms with Crippen LogP contribution in [0.25, 0.3) is 0 Å². The number of thiophene rings is 1. The van der Waals surface area contributed by atoms with Crippen molar-refractivity contribution in [3.05, 3.63) is 38.5 Å². The molecule has 0 amide bonds. The molecule has 8 heteroatoms. The Labute approximate surface area is 169 Å². The number of aromatic nitrogens is 1. The van der Waals surface area contributed by atoms with Gasteiger partial charge in [0.1, 0.15) is 5.01 Å². The molecule has 0 aliphatic carbocycles. The number of nitrogens with one attached hydrogen (secondary N) is 2. The first kappa shape index (κ1) is 20.3. The van der Waals surface area contributed by atoms with E-state index in [9.17, 15) is 0 Å². The van der Waals surface area contributed by atoms with E-state index in [2.05, 4.69) is 58.8 Å². The first-order valence-corrected chi connectivity index (χ1v) is 11.2. The first-order valence-electron chi connectivity index (χ1n) is 9.48. The summed E-state index contributed by atoms with van der Waals surface area (Å²) in [5, 5.41) is 10.1. The molecule has 1 aliphatic heterocycles. The van der Waals surface area contributed by atoms with E-state index >= 15 is 0 Å². The van der Waals surface area contributed by atoms with E-state index in [0.717, 1.165) is 43.8 Å². The fraction of sp³-hybridized carbons (Fsp3) is 0.579. The van der Waals surface area contributed by atoms with Crippen LogP contribution in [0.5, 0.6) is 0 Å². The lowest BCUT2D eigenvalue weighted by Crippen LogP contribution is -2.48. The van der Waals surface area contributed by atoms with Gasteiger partial charge in [0.05, 0.1) is 25.3 Å². The molecule has 1 saturated heterocycles. The van der Waals surface area contributed by atoms with Crippen molar-refractivity contribution in [3.8, 4) is 0 Å². The van der Waals surface area contributed by atoms with Crippen molar-refractivity contribution < 1.29 is 4.74 Å². The number of morpholine rings is 1. The molecule has 0 bridgehead atoms. The molecule has 2 aromatic heterocycles. The predicted molar refractivity (Wildman–Crippen MR) is 114 cm³/mol. The van der Waals surface area contributed by atoms with Gasteiger partial charge in [-0.3, -0.25) is 4.90 Å². The van der Waals surface area contributed by atoms with Gasteiger partial charge in [0.25, 0.3) is 0 Å². The van der Waals surface area contributed by atoms with Crippen LogP contribution in [0.2, 0.25) is 0 Å². The van der Waals surface area contributed by atoms with Crippen LogP contribution in [0.15, 0.2) is 28.7 Å². The molecule has 2 aromatic rings. The number of aliphatic imine (C=N–C) groups is 1. The maximum Gasteiger partial charge on any atom is 0.191 e. The molecule has 0 saturated carbocycles. The van der Waals surface area contributed by atoms with Crippen LogP contribution >= 0.6 is 22.7 Å². The fourth-order valence-corrected chi connectivity index (χ4v) is 4.75. The summed E-state index contributed by atoms with van der Waals surface area (Å²) in [7, 11) is 0. The molecular weight excluding hydrogens is 378 g/mol. The first-order chi connectivity index (χ1) is 13.2. The molecule has 0 radical (unpaired) electrons. The van der Waals surface area contributed by atoms with Crippen molar-refractivity contribution in [3.63, 3.8) is 0 Å². The van der Waals surface area contributed by atoms with Crippen LogP contribution in [-0.4, -0.2) is 54.7 Å². The molecule has 6 nitrogen and oxygen atoms in total. The second-order valence-corrected chi connectivity index (χ2v) is 8.95. The van der Waals surface area contributed by atoms with Gasteiger partial charge in [0.2, 0.25) is 0 Å². The van der Waals surface area contributed by atoms with E-state index < -0.39 is 0 Å². The highest BCUT2D eigenvalue weighted by atomic mass is 32.1. The lowest BCUT2D eigenvalue weighted by atomic mass is 10.1. The lowest BCUT2D eigenvalue weighted by Gasteiger charge is -2.37. The third-order valence-corrected chi connectivity index (χ3v) is 6.30. The Morgan fingerprint density at radius 3 is 3.04 bits per heavy atom. The largest absolute Gasteiger partial charge is 0.376 e. The minimum Gasteiger partial charge on any atom is -0.376 e. The number of nitrogens with zero attached hydrogens (tertiary/aromatic N) is 3. The van der Waals surface area contributed by atoms with E-state index in [1.54, 1.807) is 11.3 Å². The summed E-state index contributed by atoms with van der Waals surface area (Å²) >= 11 is 3.51. The van der Waals surface area contributed by atoms with Crippen molar-refractivity contribution in [2.24, 2.45) is 4.99 Å². The molecule has 1 fully saturated rings. The molecule has 2 N–H and O–H groups in total. The third-order valence-electron chi connectivity index (χ3n) is 4.43. The van der Waals surface area contributed by atoms with Gasteiger partial charge in [-0.1, -0.05) is 6.07 Å². The lowest BCUT2D eigenvalue weighted by molar-refractivity contribution is -0.0334. The van der Waals surface area contributed by atoms with Crippen molar-refractivity contribution in [1.82, 2.24) is 20.5 Å². The van der Waals surface area contributed by atoms with Gasteiger partial charge >= 0.3 is 0 Å². The molecule has 1 aliphatic rings. The van der Waals surface area contributed by atoms with Gasteiger partial charge < -0.3 is 15.4 Å². The van der Waals surface area contributed by atoms with Crippen molar-refractivity contribution in [2.45, 2.75) is 39.5 Å². The van der Waals surface area contributed by atoms with E-state index in [-0.39, 0.29) is 6.10 Å². The van der Waals surface area contributed by atoms with Crippen LogP contribution in [0.3, 0.4) is 0 Å². The summed E-state index contributed by atoms with van der Waals surface area (Å²) < 4.78 is 5.73. The summed E-state index contributed by atoms with van der Waals surface area (Å²) in [6, 6.07) is 4.67. The zero-order valence-corrected chi connectivity index (χ0v) is 17.9. The standard InChI is InChI=1S/C19H29N5OS2/c1-4-20-19(23-12-18-21-10-15(3)27-18)22-11-16(17-6-5-9-26-17)24-7-8-25-14(2)13-24/h5-6,9-10,14,16H,4,7-8,11-13H2,1-3H3,(H2,20,22,23). The Morgan fingerprint density at radius 2 is 2.37 bits per heavy atom. The highest BCUT2D eigenvalue weighted by Crippen LogP contribution is 2.26. The van der Waals surface area contributed by atoms with E-state index in [0.29, 0.717) is 12.6 Å². The summed E-state index contributed by atoms with van der Waals surface area (Å²) in [5.41, 5.74) is 0. The molecule has 2 atom stereocenters. The minimum atomic E-state index is 0.274. The summed E-state index contributed by atoms with van der Waals surface area (Å²) in [6.07, 6.45) is 2.18. The number of ether oxygens (including phenoxy) is 1. The highest BCUT2D eigenvalue weighted by molar-refractivity contribution is 7.11. The summed E-state index contributed by atoms with van der Waals surface area (Å²) in [5.74, 6) is 0.841. The zero-order chi connectivity index (χ0) is 19.1. The number of guanidine groups is 1. The number of hydrogen-bond donors (Lipinski definition) is 2. The van der Waals surface area contributed by atoms with E-state index in [1.807, 2.05) is 17.5 Å². The average molecular weight is 408 g/mol. The Balaban J connectivity index is 1.66. The Kier molecular flexibility index (Phi) is 7.63. The highest BCUT2D eigenvalue weighted by Gasteiger charge is 2.26. The molecule has 0 spiro atoms. The van der Waals surface area contributed by atoms with Crippen LogP contribution < -0.4 is 10.6 Å². The maximum absolute atomic E-state index is 5.73. The molecule has 2 unspecified atom stereocenters. The quantitative estimate of drug-likeness (QED) is 0.546. The molecule has 27 heavy (non-hydrogen) atoms. The van der Waals surface area contributed by atoms with Crippen LogP contribution in [0.4, 0.5) is 0 Å². The van der Waals surface area contributed by atoms with Crippen molar-refractivity contribution >= 4 is 28.6 Å². The normalized spacial score (nSPS) is 19.8. The second-order valence-electron chi connectivity index (χ2n) is 6.65. The number of aryl methyl sites for hydroxylation is 1. The van der Waals surface area contributed by atoms with Crippen molar-refractivity contribution in [2.75, 3.05) is 32.8 Å². The zero-order valence-electron chi connectivity index (χ0n) is 16.3. The van der Waals surface area contributed by atoms with Gasteiger partial charge in [-0.2, -0.15) is 0 Å². The van der Waals surface area contributed by atoms with Gasteiger partial charge in [0.15, 0.2) is 5.96 Å². The van der Waals surface area contributed by atoms with Crippen LogP contribution in [-0.2, 0) is 11.3 Å². The fourth-order valence-electron chi connectivity index (χ4n) is 3.18. The van der Waals surface area contributed by atoms with E-state index in [1.165, 1.54) is 9.75 Å². The molecule has 3 heterocycles. The number of hydrogen-bond acceptors (Lipinski definition) is 6. The topological polar surface area (TPSA) is 61.8 Å². The van der Waals surface area contributed by atoms with Gasteiger partial charge in [0, 0.05) is 42.1 Å². The number of thiazole rings is 1. The summed E-state index contributed by atoms with van der Waals surface area (Å²) in [4.78, 5) is 14.2. The monoisotopic (exact) mass is 407 g/mol. The Morgan fingerprint density at radius 1 is 1.48 bits per heavy atom. The van der Waals surface area contributed by atoms with Crippen molar-refractivity contribution in [1.29, 1.82) is 0 Å². The van der Waals surface area contributed by atoms with Gasteiger partial charge in [-0.15, -0.1) is 22.7 Å². The minimum absolute atomic E-state index is 0.274. The predicted octanol–water partition coefficient (Wildman–Crippen LogP) is 3.03.